The molecule has 0 aliphatic rings. The second-order valence-corrected chi connectivity index (χ2v) is 2.74. The van der Waals surface area contributed by atoms with Crippen LogP contribution in [0, 0.1) is 20.8 Å². The molecule has 1 aromatic heterocycles. The Morgan fingerprint density at radius 1 is 1.36 bits per heavy atom. The van der Waals surface area contributed by atoms with Crippen molar-refractivity contribution in [3.8, 4) is 0 Å². The molecule has 0 aliphatic carbocycles. The summed E-state index contributed by atoms with van der Waals surface area (Å²) in [5, 5.41) is 12.9. The summed E-state index contributed by atoms with van der Waals surface area (Å²) in [6.07, 6.45) is 0. The summed E-state index contributed by atoms with van der Waals surface area (Å²) in [7, 11) is 0. The van der Waals surface area contributed by atoms with Gasteiger partial charge in [-0.1, -0.05) is 0 Å². The van der Waals surface area contributed by atoms with Gasteiger partial charge in [-0.25, -0.2) is 0 Å². The van der Waals surface area contributed by atoms with Crippen molar-refractivity contribution in [1.82, 2.24) is 9.78 Å². The number of rotatable bonds is 2. The molecule has 3 heteroatoms. The fourth-order valence-electron chi connectivity index (χ4n) is 1.10. The van der Waals surface area contributed by atoms with E-state index in [4.69, 9.17) is 5.11 Å². The summed E-state index contributed by atoms with van der Waals surface area (Å²) in [6.45, 7) is 6.80. The van der Waals surface area contributed by atoms with Crippen LogP contribution in [0.3, 0.4) is 0 Å². The molecule has 1 heterocycles. The average molecular weight is 154 g/mol. The molecule has 0 saturated carbocycles. The third-order valence-electron chi connectivity index (χ3n) is 2.06. The van der Waals surface area contributed by atoms with Crippen LogP contribution >= 0.6 is 0 Å². The zero-order valence-corrected chi connectivity index (χ0v) is 7.26. The standard InChI is InChI=1S/C8H14N2O/c1-6-7(2)9-10(4-5-11)8(6)3/h11H,4-5H2,1-3H3. The summed E-state index contributed by atoms with van der Waals surface area (Å²) in [6, 6.07) is 0. The first-order chi connectivity index (χ1) is 5.16. The number of aryl methyl sites for hydroxylation is 1. The Balaban J connectivity index is 2.98. The van der Waals surface area contributed by atoms with Crippen molar-refractivity contribution < 1.29 is 5.11 Å². The van der Waals surface area contributed by atoms with Gasteiger partial charge in [0.2, 0.25) is 0 Å². The molecule has 3 nitrogen and oxygen atoms in total. The topological polar surface area (TPSA) is 38.0 Å². The van der Waals surface area contributed by atoms with Gasteiger partial charge in [0, 0.05) is 5.69 Å². The Hall–Kier alpha value is -0.830. The van der Waals surface area contributed by atoms with Crippen LogP contribution in [-0.2, 0) is 6.54 Å². The number of nitrogens with zero attached hydrogens (tertiary/aromatic N) is 2. The molecule has 1 aromatic rings. The van der Waals surface area contributed by atoms with Crippen LogP contribution in [0.1, 0.15) is 17.0 Å². The van der Waals surface area contributed by atoms with Gasteiger partial charge in [-0.3, -0.25) is 4.68 Å². The molecule has 0 unspecified atom stereocenters. The summed E-state index contributed by atoms with van der Waals surface area (Å²) >= 11 is 0. The number of hydrogen-bond acceptors (Lipinski definition) is 2. The van der Waals surface area contributed by atoms with Crippen LogP contribution in [0.4, 0.5) is 0 Å². The Labute approximate surface area is 66.7 Å². The molecule has 0 spiro atoms. The molecule has 0 amide bonds. The number of aliphatic hydroxyl groups excluding tert-OH is 1. The zero-order valence-electron chi connectivity index (χ0n) is 7.26. The van der Waals surface area contributed by atoms with Crippen molar-refractivity contribution in [2.45, 2.75) is 27.3 Å². The molecule has 1 rings (SSSR count). The summed E-state index contributed by atoms with van der Waals surface area (Å²) in [4.78, 5) is 0. The lowest BCUT2D eigenvalue weighted by Crippen LogP contribution is -2.05. The van der Waals surface area contributed by atoms with E-state index in [0.29, 0.717) is 6.54 Å². The van der Waals surface area contributed by atoms with Gasteiger partial charge in [-0.15, -0.1) is 0 Å². The van der Waals surface area contributed by atoms with Crippen LogP contribution in [0.5, 0.6) is 0 Å². The van der Waals surface area contributed by atoms with Crippen molar-refractivity contribution in [1.29, 1.82) is 0 Å². The molecule has 0 aliphatic heterocycles. The molecule has 0 fully saturated rings. The van der Waals surface area contributed by atoms with Gasteiger partial charge < -0.3 is 5.11 Å². The summed E-state index contributed by atoms with van der Waals surface area (Å²) in [5.41, 5.74) is 3.42. The van der Waals surface area contributed by atoms with Crippen molar-refractivity contribution >= 4 is 0 Å². The molecule has 1 N–H and O–H groups in total. The van der Waals surface area contributed by atoms with Crippen LogP contribution < -0.4 is 0 Å². The summed E-state index contributed by atoms with van der Waals surface area (Å²) in [5.74, 6) is 0. The smallest absolute Gasteiger partial charge is 0.0644 e. The van der Waals surface area contributed by atoms with E-state index < -0.39 is 0 Å². The molecule has 0 atom stereocenters. The zero-order chi connectivity index (χ0) is 8.43. The fraction of sp³-hybridized carbons (Fsp3) is 0.625. The van der Waals surface area contributed by atoms with E-state index in [1.54, 1.807) is 0 Å². The lowest BCUT2D eigenvalue weighted by atomic mass is 10.2. The molecular formula is C8H14N2O. The van der Waals surface area contributed by atoms with Gasteiger partial charge in [0.1, 0.15) is 0 Å². The van der Waals surface area contributed by atoms with Crippen LogP contribution in [0.15, 0.2) is 0 Å². The van der Waals surface area contributed by atoms with E-state index in [9.17, 15) is 0 Å². The van der Waals surface area contributed by atoms with Gasteiger partial charge in [-0.05, 0) is 26.3 Å². The van der Waals surface area contributed by atoms with E-state index in [1.807, 2.05) is 25.5 Å². The molecule has 0 saturated heterocycles. The minimum atomic E-state index is 0.154. The number of aliphatic hydroxyl groups is 1. The van der Waals surface area contributed by atoms with Crippen LogP contribution in [0.25, 0.3) is 0 Å². The van der Waals surface area contributed by atoms with E-state index in [-0.39, 0.29) is 6.61 Å². The lowest BCUT2D eigenvalue weighted by Gasteiger charge is -1.99. The molecule has 0 radical (unpaired) electrons. The molecule has 11 heavy (non-hydrogen) atoms. The maximum atomic E-state index is 8.68. The average Bonchev–Trinajstić information content (AvgIpc) is 2.19. The van der Waals surface area contributed by atoms with Crippen molar-refractivity contribution in [3.63, 3.8) is 0 Å². The molecule has 0 aromatic carbocycles. The fourth-order valence-corrected chi connectivity index (χ4v) is 1.10. The van der Waals surface area contributed by atoms with Gasteiger partial charge in [0.05, 0.1) is 18.8 Å². The first kappa shape index (κ1) is 8.27. The van der Waals surface area contributed by atoms with Gasteiger partial charge in [0.25, 0.3) is 0 Å². The highest BCUT2D eigenvalue weighted by molar-refractivity contribution is 5.21. The lowest BCUT2D eigenvalue weighted by molar-refractivity contribution is 0.268. The second kappa shape index (κ2) is 3.05. The van der Waals surface area contributed by atoms with Crippen LogP contribution in [-0.4, -0.2) is 21.5 Å². The first-order valence-corrected chi connectivity index (χ1v) is 3.78. The number of aromatic nitrogens is 2. The quantitative estimate of drug-likeness (QED) is 0.684. The third kappa shape index (κ3) is 1.43. The predicted molar refractivity (Wildman–Crippen MR) is 43.5 cm³/mol. The Morgan fingerprint density at radius 2 is 2.00 bits per heavy atom. The summed E-state index contributed by atoms with van der Waals surface area (Å²) < 4.78 is 1.84. The van der Waals surface area contributed by atoms with Crippen molar-refractivity contribution in [2.24, 2.45) is 0 Å². The van der Waals surface area contributed by atoms with Crippen molar-refractivity contribution in [2.75, 3.05) is 6.61 Å². The van der Waals surface area contributed by atoms with Crippen LogP contribution in [0.2, 0.25) is 0 Å². The van der Waals surface area contributed by atoms with E-state index in [2.05, 4.69) is 5.10 Å². The largest absolute Gasteiger partial charge is 0.394 e. The van der Waals surface area contributed by atoms with E-state index in [1.165, 1.54) is 5.56 Å². The maximum absolute atomic E-state index is 8.68. The maximum Gasteiger partial charge on any atom is 0.0644 e. The van der Waals surface area contributed by atoms with Gasteiger partial charge in [-0.2, -0.15) is 5.10 Å². The molecule has 62 valence electrons. The van der Waals surface area contributed by atoms with Gasteiger partial charge in [0.15, 0.2) is 0 Å². The highest BCUT2D eigenvalue weighted by atomic mass is 16.3. The highest BCUT2D eigenvalue weighted by Gasteiger charge is 2.05. The molecule has 0 bridgehead atoms. The van der Waals surface area contributed by atoms with Gasteiger partial charge >= 0.3 is 0 Å². The van der Waals surface area contributed by atoms with E-state index >= 15 is 0 Å². The molecular weight excluding hydrogens is 140 g/mol. The van der Waals surface area contributed by atoms with E-state index in [0.717, 1.165) is 11.4 Å². The highest BCUT2D eigenvalue weighted by Crippen LogP contribution is 2.09. The monoisotopic (exact) mass is 154 g/mol. The number of hydrogen-bond donors (Lipinski definition) is 1. The van der Waals surface area contributed by atoms with Crippen molar-refractivity contribution in [3.05, 3.63) is 17.0 Å². The first-order valence-electron chi connectivity index (χ1n) is 3.78. The minimum Gasteiger partial charge on any atom is -0.394 e. The third-order valence-corrected chi connectivity index (χ3v) is 2.06. The SMILES string of the molecule is Cc1nn(CCO)c(C)c1C. The Bertz CT molecular complexity index is 253. The minimum absolute atomic E-state index is 0.154. The predicted octanol–water partition coefficient (Wildman–Crippen LogP) is 0.801. The Morgan fingerprint density at radius 3 is 2.36 bits per heavy atom. The second-order valence-electron chi connectivity index (χ2n) is 2.74. The Kier molecular flexibility index (Phi) is 2.29. The normalized spacial score (nSPS) is 10.5.